The van der Waals surface area contributed by atoms with Gasteiger partial charge in [0, 0.05) is 16.9 Å². The van der Waals surface area contributed by atoms with Crippen molar-refractivity contribution >= 4 is 57.7 Å². The number of hydrogen-bond donors (Lipinski definition) is 3. The number of benzene rings is 3. The van der Waals surface area contributed by atoms with Gasteiger partial charge < -0.3 is 10.6 Å². The number of nitrogens with zero attached hydrogens (tertiary/aromatic N) is 2. The predicted octanol–water partition coefficient (Wildman–Crippen LogP) is 5.18. The summed E-state index contributed by atoms with van der Waals surface area (Å²) in [4.78, 5) is 41.1. The number of para-hydroxylation sites is 1. The van der Waals surface area contributed by atoms with Crippen LogP contribution in [0.1, 0.15) is 10.4 Å². The molecule has 3 amide bonds. The molecule has 0 atom stereocenters. The fraction of sp³-hybridized carbons (Fsp3) is 0. The molecule has 8 nitrogen and oxygen atoms in total. The molecular formula is C26H20ClN5O3. The second-order valence-corrected chi connectivity index (χ2v) is 7.76. The lowest BCUT2D eigenvalue weighted by molar-refractivity contribution is -0.112. The molecule has 3 N–H and O–H groups in total. The lowest BCUT2D eigenvalue weighted by atomic mass is 10.2. The van der Waals surface area contributed by atoms with Gasteiger partial charge in [0.25, 0.3) is 5.91 Å². The summed E-state index contributed by atoms with van der Waals surface area (Å²) in [6, 6.07) is 18.8. The topological polar surface area (TPSA) is 105 Å². The number of rotatable bonds is 7. The maximum Gasteiger partial charge on any atom is 0.258 e. The van der Waals surface area contributed by atoms with Crippen molar-refractivity contribution in [3.8, 4) is 5.69 Å². The Morgan fingerprint density at radius 3 is 2.14 bits per heavy atom. The van der Waals surface area contributed by atoms with Crippen molar-refractivity contribution in [3.05, 3.63) is 103 Å². The minimum Gasteiger partial charge on any atom is -0.323 e. The smallest absolute Gasteiger partial charge is 0.258 e. The number of halogens is 1. The molecule has 0 radical (unpaired) electrons. The van der Waals surface area contributed by atoms with Gasteiger partial charge in [-0.25, -0.2) is 4.98 Å². The van der Waals surface area contributed by atoms with E-state index in [-0.39, 0.29) is 17.8 Å². The normalized spacial score (nSPS) is 10.4. The Morgan fingerprint density at radius 1 is 0.829 bits per heavy atom. The monoisotopic (exact) mass is 485 g/mol. The number of imidazole rings is 1. The average Bonchev–Trinajstić information content (AvgIpc) is 3.23. The zero-order valence-electron chi connectivity index (χ0n) is 18.4. The van der Waals surface area contributed by atoms with Crippen LogP contribution in [0.5, 0.6) is 0 Å². The molecule has 0 unspecified atom stereocenters. The number of carbonyl (C=O) groups is 3. The van der Waals surface area contributed by atoms with E-state index in [0.717, 1.165) is 6.08 Å². The molecule has 9 heteroatoms. The lowest BCUT2D eigenvalue weighted by Gasteiger charge is -2.13. The second-order valence-electron chi connectivity index (χ2n) is 7.35. The van der Waals surface area contributed by atoms with Gasteiger partial charge in [-0.15, -0.1) is 0 Å². The van der Waals surface area contributed by atoms with E-state index in [9.17, 15) is 14.4 Å². The van der Waals surface area contributed by atoms with Crippen molar-refractivity contribution < 1.29 is 14.4 Å². The van der Waals surface area contributed by atoms with Crippen LogP contribution in [-0.2, 0) is 9.59 Å². The van der Waals surface area contributed by atoms with Crippen LogP contribution in [0.2, 0.25) is 5.02 Å². The number of fused-ring (bicyclic) bond motifs is 1. The molecule has 0 aliphatic rings. The van der Waals surface area contributed by atoms with Gasteiger partial charge in [0.1, 0.15) is 0 Å². The third-order valence-corrected chi connectivity index (χ3v) is 5.29. The van der Waals surface area contributed by atoms with Crippen LogP contribution in [0.15, 0.2) is 92.0 Å². The van der Waals surface area contributed by atoms with Crippen molar-refractivity contribution in [2.45, 2.75) is 0 Å². The first kappa shape index (κ1) is 23.5. The fourth-order valence-electron chi connectivity index (χ4n) is 3.44. The van der Waals surface area contributed by atoms with E-state index in [0.29, 0.717) is 38.7 Å². The molecule has 0 saturated heterocycles. The van der Waals surface area contributed by atoms with Gasteiger partial charge in [-0.3, -0.25) is 24.3 Å². The number of nitrogens with one attached hydrogen (secondary N) is 3. The van der Waals surface area contributed by atoms with Gasteiger partial charge in [0.15, 0.2) is 0 Å². The van der Waals surface area contributed by atoms with Crippen LogP contribution in [0.25, 0.3) is 16.7 Å². The molecule has 0 saturated carbocycles. The van der Waals surface area contributed by atoms with Gasteiger partial charge in [-0.1, -0.05) is 43.0 Å². The van der Waals surface area contributed by atoms with E-state index in [4.69, 9.17) is 11.6 Å². The Bertz CT molecular complexity index is 1490. The van der Waals surface area contributed by atoms with Gasteiger partial charge in [-0.2, -0.15) is 0 Å². The summed E-state index contributed by atoms with van der Waals surface area (Å²) >= 11 is 6.50. The van der Waals surface area contributed by atoms with Crippen LogP contribution in [0.3, 0.4) is 0 Å². The van der Waals surface area contributed by atoms with Gasteiger partial charge in [-0.05, 0) is 60.7 Å². The predicted molar refractivity (Wildman–Crippen MR) is 138 cm³/mol. The van der Waals surface area contributed by atoms with Crippen LogP contribution in [0.4, 0.5) is 17.3 Å². The molecular weight excluding hydrogens is 466 g/mol. The first-order chi connectivity index (χ1) is 16.9. The molecule has 0 fully saturated rings. The number of amides is 3. The van der Waals surface area contributed by atoms with Crippen molar-refractivity contribution in [3.63, 3.8) is 0 Å². The van der Waals surface area contributed by atoms with Crippen molar-refractivity contribution in [1.82, 2.24) is 9.55 Å². The van der Waals surface area contributed by atoms with Gasteiger partial charge >= 0.3 is 0 Å². The second kappa shape index (κ2) is 10.1. The minimum atomic E-state index is -0.441. The average molecular weight is 486 g/mol. The quantitative estimate of drug-likeness (QED) is 0.314. The van der Waals surface area contributed by atoms with Crippen molar-refractivity contribution in [2.75, 3.05) is 16.0 Å². The summed E-state index contributed by atoms with van der Waals surface area (Å²) in [5.74, 6) is -0.954. The van der Waals surface area contributed by atoms with Crippen LogP contribution in [-0.4, -0.2) is 27.3 Å². The molecule has 0 spiro atoms. The summed E-state index contributed by atoms with van der Waals surface area (Å²) in [5.41, 5.74) is 3.06. The highest BCUT2D eigenvalue weighted by Gasteiger charge is 2.18. The summed E-state index contributed by atoms with van der Waals surface area (Å²) in [6.45, 7) is 6.89. The van der Waals surface area contributed by atoms with Crippen molar-refractivity contribution in [1.29, 1.82) is 0 Å². The SMILES string of the molecule is C=CC(=O)Nc1cccc(C(=O)Nc2nc3cccc(Cl)c3n2-c2cccc(NC(=O)C=C)c2)c1. The highest BCUT2D eigenvalue weighted by atomic mass is 35.5. The molecule has 35 heavy (non-hydrogen) atoms. The summed E-state index contributed by atoms with van der Waals surface area (Å²) in [7, 11) is 0. The number of hydrogen-bond acceptors (Lipinski definition) is 4. The molecule has 1 aromatic heterocycles. The molecule has 4 aromatic rings. The molecule has 0 aliphatic carbocycles. The van der Waals surface area contributed by atoms with E-state index in [2.05, 4.69) is 34.1 Å². The molecule has 3 aromatic carbocycles. The van der Waals surface area contributed by atoms with Crippen molar-refractivity contribution in [2.24, 2.45) is 0 Å². The van der Waals surface area contributed by atoms with Crippen LogP contribution < -0.4 is 16.0 Å². The first-order valence-corrected chi connectivity index (χ1v) is 10.8. The van der Waals surface area contributed by atoms with Crippen LogP contribution in [0, 0.1) is 0 Å². The van der Waals surface area contributed by atoms with E-state index in [1.165, 1.54) is 6.08 Å². The third-order valence-electron chi connectivity index (χ3n) is 4.99. The number of aromatic nitrogens is 2. The zero-order valence-corrected chi connectivity index (χ0v) is 19.2. The standard InChI is InChI=1S/C26H20ClN5O3/c1-3-22(33)28-17-9-5-8-16(14-17)25(35)31-26-30-21-13-7-12-20(27)24(21)32(26)19-11-6-10-18(15-19)29-23(34)4-2/h3-15H,1-2H2,(H,28,33)(H,29,34)(H,30,31,35). The number of carbonyl (C=O) groups excluding carboxylic acids is 3. The summed E-state index contributed by atoms with van der Waals surface area (Å²) in [6.07, 6.45) is 2.32. The Labute approximate surface area is 205 Å². The first-order valence-electron chi connectivity index (χ1n) is 10.4. The van der Waals surface area contributed by atoms with E-state index in [1.54, 1.807) is 71.3 Å². The highest BCUT2D eigenvalue weighted by molar-refractivity contribution is 6.35. The van der Waals surface area contributed by atoms with Crippen LogP contribution >= 0.6 is 11.6 Å². The summed E-state index contributed by atoms with van der Waals surface area (Å²) < 4.78 is 1.70. The molecule has 174 valence electrons. The van der Waals surface area contributed by atoms with Gasteiger partial charge in [0.05, 0.1) is 21.7 Å². The molecule has 1 heterocycles. The number of anilines is 3. The fourth-order valence-corrected chi connectivity index (χ4v) is 3.70. The molecule has 0 bridgehead atoms. The van der Waals surface area contributed by atoms with Gasteiger partial charge in [0.2, 0.25) is 17.8 Å². The maximum atomic E-state index is 13.1. The Kier molecular flexibility index (Phi) is 6.75. The summed E-state index contributed by atoms with van der Waals surface area (Å²) in [5, 5.41) is 8.60. The van der Waals surface area contributed by atoms with E-state index >= 15 is 0 Å². The Balaban J connectivity index is 1.75. The zero-order chi connectivity index (χ0) is 24.9. The Hall–Kier alpha value is -4.69. The highest BCUT2D eigenvalue weighted by Crippen LogP contribution is 2.31. The molecule has 0 aliphatic heterocycles. The van der Waals surface area contributed by atoms with E-state index < -0.39 is 5.91 Å². The third kappa shape index (κ3) is 5.13. The Morgan fingerprint density at radius 2 is 1.46 bits per heavy atom. The largest absolute Gasteiger partial charge is 0.323 e. The lowest BCUT2D eigenvalue weighted by Crippen LogP contribution is -2.16. The molecule has 4 rings (SSSR count). The minimum absolute atomic E-state index is 0.228. The maximum absolute atomic E-state index is 13.1. The van der Waals surface area contributed by atoms with E-state index in [1.807, 2.05) is 0 Å².